The molecule has 1 aromatic rings. The Morgan fingerprint density at radius 3 is 2.64 bits per heavy atom. The van der Waals surface area contributed by atoms with Crippen molar-refractivity contribution in [2.45, 2.75) is 31.9 Å². The normalized spacial score (nSPS) is 12.2. The van der Waals surface area contributed by atoms with Crippen LogP contribution in [-0.2, 0) is 6.42 Å². The Morgan fingerprint density at radius 1 is 1.32 bits per heavy atom. The number of benzene rings is 1. The van der Waals surface area contributed by atoms with E-state index in [1.54, 1.807) is 14.2 Å². The minimum absolute atomic E-state index is 0.192. The first-order valence-electron chi connectivity index (χ1n) is 7.55. The summed E-state index contributed by atoms with van der Waals surface area (Å²) in [4.78, 5) is 4.27. The molecule has 5 heteroatoms. The van der Waals surface area contributed by atoms with Crippen molar-refractivity contribution < 1.29 is 4.74 Å². The minimum Gasteiger partial charge on any atom is -0.496 e. The molecule has 0 saturated heterocycles. The number of guanidine groups is 1. The van der Waals surface area contributed by atoms with Gasteiger partial charge in [0.15, 0.2) is 5.96 Å². The second kappa shape index (κ2) is 8.93. The number of aryl methyl sites for hydroxylation is 1. The highest BCUT2D eigenvalue weighted by molar-refractivity contribution is 7.99. The van der Waals surface area contributed by atoms with Crippen LogP contribution < -0.4 is 15.4 Å². The summed E-state index contributed by atoms with van der Waals surface area (Å²) in [5.74, 6) is 1.78. The molecule has 0 amide bonds. The van der Waals surface area contributed by atoms with Crippen LogP contribution in [0.5, 0.6) is 5.75 Å². The first kappa shape index (κ1) is 18.7. The van der Waals surface area contributed by atoms with E-state index >= 15 is 0 Å². The van der Waals surface area contributed by atoms with Crippen molar-refractivity contribution in [2.75, 3.05) is 33.5 Å². The van der Waals surface area contributed by atoms with Crippen molar-refractivity contribution in [3.8, 4) is 5.75 Å². The van der Waals surface area contributed by atoms with Crippen LogP contribution in [-0.4, -0.2) is 44.2 Å². The molecular weight excluding hydrogens is 294 g/mol. The van der Waals surface area contributed by atoms with Crippen molar-refractivity contribution >= 4 is 17.7 Å². The molecule has 0 bridgehead atoms. The van der Waals surface area contributed by atoms with E-state index in [0.29, 0.717) is 0 Å². The number of ether oxygens (including phenoxy) is 1. The second-order valence-corrected chi connectivity index (χ2v) is 7.40. The highest BCUT2D eigenvalue weighted by Gasteiger charge is 2.16. The lowest BCUT2D eigenvalue weighted by atomic mass is 10.1. The van der Waals surface area contributed by atoms with E-state index in [9.17, 15) is 0 Å². The van der Waals surface area contributed by atoms with Gasteiger partial charge >= 0.3 is 0 Å². The number of nitrogens with zero attached hydrogens (tertiary/aromatic N) is 1. The molecule has 124 valence electrons. The lowest BCUT2D eigenvalue weighted by Gasteiger charge is -2.23. The van der Waals surface area contributed by atoms with Gasteiger partial charge in [-0.15, -0.1) is 0 Å². The average molecular weight is 324 g/mol. The summed E-state index contributed by atoms with van der Waals surface area (Å²) in [6.45, 7) is 8.23. The smallest absolute Gasteiger partial charge is 0.191 e. The van der Waals surface area contributed by atoms with Crippen LogP contribution in [0.15, 0.2) is 23.2 Å². The van der Waals surface area contributed by atoms with Crippen LogP contribution in [0, 0.1) is 6.92 Å². The number of hydrogen-bond donors (Lipinski definition) is 2. The summed E-state index contributed by atoms with van der Waals surface area (Å²) in [6, 6.07) is 6.27. The van der Waals surface area contributed by atoms with Gasteiger partial charge in [0.1, 0.15) is 5.75 Å². The Kier molecular flexibility index (Phi) is 7.59. The van der Waals surface area contributed by atoms with E-state index in [1.165, 1.54) is 11.1 Å². The zero-order chi connectivity index (χ0) is 16.6. The predicted molar refractivity (Wildman–Crippen MR) is 98.4 cm³/mol. The maximum atomic E-state index is 5.41. The molecular formula is C17H29N3OS. The zero-order valence-corrected chi connectivity index (χ0v) is 15.4. The van der Waals surface area contributed by atoms with Crippen LogP contribution >= 0.6 is 11.8 Å². The molecule has 0 fully saturated rings. The molecule has 0 aliphatic rings. The number of thioether (sulfide) groups is 1. The fraction of sp³-hybridized carbons (Fsp3) is 0.588. The summed E-state index contributed by atoms with van der Waals surface area (Å²) < 4.78 is 5.61. The fourth-order valence-corrected chi connectivity index (χ4v) is 2.22. The fourth-order valence-electron chi connectivity index (χ4n) is 2.01. The highest BCUT2D eigenvalue weighted by Crippen LogP contribution is 2.20. The first-order valence-corrected chi connectivity index (χ1v) is 8.77. The summed E-state index contributed by atoms with van der Waals surface area (Å²) >= 11 is 1.84. The number of aliphatic imine (C=N–C) groups is 1. The predicted octanol–water partition coefficient (Wildman–Crippen LogP) is 2.85. The number of rotatable bonds is 7. The summed E-state index contributed by atoms with van der Waals surface area (Å²) in [5.41, 5.74) is 2.47. The van der Waals surface area contributed by atoms with Crippen LogP contribution in [0.2, 0.25) is 0 Å². The Balaban J connectivity index is 2.50. The average Bonchev–Trinajstić information content (AvgIpc) is 2.51. The third-order valence-electron chi connectivity index (χ3n) is 3.58. The highest BCUT2D eigenvalue weighted by atomic mass is 32.2. The third kappa shape index (κ3) is 6.18. The summed E-state index contributed by atoms with van der Waals surface area (Å²) in [5, 5.41) is 6.73. The molecule has 0 saturated carbocycles. The maximum absolute atomic E-state index is 5.41. The second-order valence-electron chi connectivity index (χ2n) is 5.88. The molecule has 1 aromatic carbocycles. The van der Waals surface area contributed by atoms with Gasteiger partial charge in [0, 0.05) is 24.9 Å². The molecule has 0 atom stereocenters. The van der Waals surface area contributed by atoms with Gasteiger partial charge in [0.2, 0.25) is 0 Å². The van der Waals surface area contributed by atoms with Crippen LogP contribution in [0.25, 0.3) is 0 Å². The molecule has 0 radical (unpaired) electrons. The summed E-state index contributed by atoms with van der Waals surface area (Å²) in [7, 11) is 3.52. The lowest BCUT2D eigenvalue weighted by molar-refractivity contribution is 0.409. The van der Waals surface area contributed by atoms with Gasteiger partial charge in [-0.3, -0.25) is 4.99 Å². The topological polar surface area (TPSA) is 45.7 Å². The van der Waals surface area contributed by atoms with Crippen LogP contribution in [0.4, 0.5) is 0 Å². The van der Waals surface area contributed by atoms with E-state index in [1.807, 2.05) is 17.8 Å². The molecule has 0 spiro atoms. The minimum atomic E-state index is 0.192. The van der Waals surface area contributed by atoms with Crippen LogP contribution in [0.3, 0.4) is 0 Å². The number of methoxy groups -OCH3 is 1. The largest absolute Gasteiger partial charge is 0.496 e. The van der Waals surface area contributed by atoms with Gasteiger partial charge < -0.3 is 15.4 Å². The van der Waals surface area contributed by atoms with Crippen molar-refractivity contribution in [3.05, 3.63) is 29.3 Å². The van der Waals surface area contributed by atoms with E-state index in [4.69, 9.17) is 4.74 Å². The first-order chi connectivity index (χ1) is 10.4. The Hall–Kier alpha value is -1.36. The van der Waals surface area contributed by atoms with E-state index < -0.39 is 0 Å². The zero-order valence-electron chi connectivity index (χ0n) is 14.6. The number of hydrogen-bond acceptors (Lipinski definition) is 3. The SMILES string of the molecule is CN=C(NCCc1cc(C)ccc1OC)NCC(C)(C)SC. The van der Waals surface area contributed by atoms with E-state index in [-0.39, 0.29) is 4.75 Å². The van der Waals surface area contributed by atoms with Crippen molar-refractivity contribution in [1.29, 1.82) is 0 Å². The van der Waals surface area contributed by atoms with E-state index in [0.717, 1.165) is 31.2 Å². The van der Waals surface area contributed by atoms with Gasteiger partial charge in [0.05, 0.1) is 7.11 Å². The summed E-state index contributed by atoms with van der Waals surface area (Å²) in [6.07, 6.45) is 3.03. The monoisotopic (exact) mass is 323 g/mol. The molecule has 4 nitrogen and oxygen atoms in total. The van der Waals surface area contributed by atoms with Gasteiger partial charge in [-0.05, 0) is 45.1 Å². The lowest BCUT2D eigenvalue weighted by Crippen LogP contribution is -2.43. The Morgan fingerprint density at radius 2 is 2.05 bits per heavy atom. The molecule has 0 heterocycles. The molecule has 0 aliphatic heterocycles. The molecule has 22 heavy (non-hydrogen) atoms. The van der Waals surface area contributed by atoms with Crippen molar-refractivity contribution in [2.24, 2.45) is 4.99 Å². The third-order valence-corrected chi connectivity index (χ3v) is 4.83. The van der Waals surface area contributed by atoms with Gasteiger partial charge in [-0.1, -0.05) is 17.7 Å². The molecule has 0 unspecified atom stereocenters. The number of nitrogens with one attached hydrogen (secondary N) is 2. The molecule has 0 aliphatic carbocycles. The van der Waals surface area contributed by atoms with Crippen molar-refractivity contribution in [1.82, 2.24) is 10.6 Å². The quantitative estimate of drug-likeness (QED) is 0.598. The Bertz CT molecular complexity index is 501. The standard InChI is InChI=1S/C17H29N3OS/c1-13-7-8-15(21-5)14(11-13)9-10-19-16(18-4)20-12-17(2,3)22-6/h7-8,11H,9-10,12H2,1-6H3,(H2,18,19,20). The maximum Gasteiger partial charge on any atom is 0.191 e. The van der Waals surface area contributed by atoms with Gasteiger partial charge in [0.25, 0.3) is 0 Å². The van der Waals surface area contributed by atoms with Gasteiger partial charge in [-0.2, -0.15) is 11.8 Å². The Labute approximate surface area is 139 Å². The molecule has 2 N–H and O–H groups in total. The van der Waals surface area contributed by atoms with Gasteiger partial charge in [-0.25, -0.2) is 0 Å². The van der Waals surface area contributed by atoms with Crippen molar-refractivity contribution in [3.63, 3.8) is 0 Å². The molecule has 1 rings (SSSR count). The van der Waals surface area contributed by atoms with Crippen LogP contribution in [0.1, 0.15) is 25.0 Å². The molecule has 0 aromatic heterocycles. The van der Waals surface area contributed by atoms with E-state index in [2.05, 4.69) is 54.8 Å².